The van der Waals surface area contributed by atoms with Gasteiger partial charge in [0.1, 0.15) is 0 Å². The Morgan fingerprint density at radius 3 is 2.45 bits per heavy atom. The molecule has 5 atom stereocenters. The van der Waals surface area contributed by atoms with Crippen LogP contribution in [-0.4, -0.2) is 103 Å². The molecular weight excluding hydrogens is 580 g/mol. The number of fused-ring (bicyclic) bond motifs is 2. The van der Waals surface area contributed by atoms with Crippen LogP contribution in [0, 0.1) is 29.6 Å². The van der Waals surface area contributed by atoms with Crippen LogP contribution in [0.15, 0.2) is 24.3 Å². The molecule has 0 radical (unpaired) electrons. The van der Waals surface area contributed by atoms with Gasteiger partial charge in [0, 0.05) is 56.2 Å². The number of aliphatic carboxylic acids is 1. The molecule has 2 aliphatic carbocycles. The average molecular weight is 633 g/mol. The molecule has 4 fully saturated rings. The Balaban J connectivity index is 1.25. The summed E-state index contributed by atoms with van der Waals surface area (Å²) in [5.74, 6) is -1.11. The van der Waals surface area contributed by atoms with E-state index in [1.165, 1.54) is 5.56 Å². The summed E-state index contributed by atoms with van der Waals surface area (Å²) >= 11 is 0. The van der Waals surface area contributed by atoms with Crippen LogP contribution in [-0.2, 0) is 19.6 Å². The standard InChI is InChI=1S/C33H52N4O6S/c1-24-9-5-6-10-27(24)36-17-19-37(20-18-36)44(42,43)23-32-14-13-26(31(32,3)4)21-33(32,41)25(2)22-34-30(40)28-11-7-15-35(28)16-8-12-29(38)39/h5-6,9-10,25-26,28,41H,7-8,11-23H2,1-4H3,(H,34,40)(H,38,39). The molecule has 2 saturated heterocycles. The van der Waals surface area contributed by atoms with Gasteiger partial charge < -0.3 is 20.4 Å². The molecule has 0 aromatic heterocycles. The predicted octanol–water partition coefficient (Wildman–Crippen LogP) is 3.09. The van der Waals surface area contributed by atoms with Crippen molar-refractivity contribution in [2.45, 2.75) is 84.3 Å². The Morgan fingerprint density at radius 1 is 1.09 bits per heavy atom. The lowest BCUT2D eigenvalue weighted by molar-refractivity contribution is -0.137. The number of aryl methyl sites for hydroxylation is 1. The molecule has 5 rings (SSSR count). The maximum absolute atomic E-state index is 14.1. The molecule has 2 aliphatic heterocycles. The Hall–Kier alpha value is -2.21. The van der Waals surface area contributed by atoms with E-state index in [1.807, 2.05) is 19.1 Å². The Morgan fingerprint density at radius 2 is 1.80 bits per heavy atom. The number of amides is 1. The number of carboxylic acids is 1. The first-order valence-corrected chi connectivity index (χ1v) is 18.1. The van der Waals surface area contributed by atoms with Gasteiger partial charge in [-0.2, -0.15) is 4.31 Å². The summed E-state index contributed by atoms with van der Waals surface area (Å²) in [5, 5.41) is 24.6. The fraction of sp³-hybridized carbons (Fsp3) is 0.758. The van der Waals surface area contributed by atoms with Crippen molar-refractivity contribution in [2.24, 2.45) is 22.7 Å². The highest BCUT2D eigenvalue weighted by atomic mass is 32.2. The number of sulfonamides is 1. The maximum atomic E-state index is 14.1. The van der Waals surface area contributed by atoms with Gasteiger partial charge in [0.15, 0.2) is 0 Å². The second-order valence-electron chi connectivity index (χ2n) is 14.4. The Kier molecular flexibility index (Phi) is 9.44. The lowest BCUT2D eigenvalue weighted by Crippen LogP contribution is -2.61. The Bertz CT molecular complexity index is 1330. The summed E-state index contributed by atoms with van der Waals surface area (Å²) in [4.78, 5) is 28.5. The van der Waals surface area contributed by atoms with Crippen molar-refractivity contribution in [3.63, 3.8) is 0 Å². The molecule has 44 heavy (non-hydrogen) atoms. The molecule has 2 saturated carbocycles. The molecule has 11 heteroatoms. The number of carbonyl (C=O) groups is 2. The lowest BCUT2D eigenvalue weighted by atomic mass is 9.60. The van der Waals surface area contributed by atoms with Gasteiger partial charge >= 0.3 is 5.97 Å². The molecule has 3 N–H and O–H groups in total. The van der Waals surface area contributed by atoms with Gasteiger partial charge in [-0.15, -0.1) is 0 Å². The normalized spacial score (nSPS) is 31.3. The largest absolute Gasteiger partial charge is 0.481 e. The van der Waals surface area contributed by atoms with Crippen LogP contribution in [0.5, 0.6) is 0 Å². The summed E-state index contributed by atoms with van der Waals surface area (Å²) in [7, 11) is -3.66. The van der Waals surface area contributed by atoms with E-state index in [4.69, 9.17) is 5.11 Å². The third kappa shape index (κ3) is 5.89. The monoisotopic (exact) mass is 632 g/mol. The molecule has 1 aromatic carbocycles. The zero-order chi connectivity index (χ0) is 31.9. The van der Waals surface area contributed by atoms with Crippen LogP contribution < -0.4 is 10.2 Å². The van der Waals surface area contributed by atoms with Crippen molar-refractivity contribution in [2.75, 3.05) is 56.5 Å². The SMILES string of the molecule is Cc1ccccc1N1CCN(S(=O)(=O)CC23CCC(CC2(O)C(C)CNC(=O)C2CCCN2CCCC(=O)O)C3(C)C)CC1. The first-order valence-electron chi connectivity index (χ1n) is 16.5. The fourth-order valence-corrected chi connectivity index (χ4v) is 11.4. The van der Waals surface area contributed by atoms with Gasteiger partial charge in [-0.05, 0) is 81.5 Å². The van der Waals surface area contributed by atoms with E-state index in [1.54, 1.807) is 4.31 Å². The van der Waals surface area contributed by atoms with E-state index in [9.17, 15) is 23.1 Å². The molecule has 246 valence electrons. The second kappa shape index (κ2) is 12.5. The number of hydrogen-bond donors (Lipinski definition) is 3. The van der Waals surface area contributed by atoms with Crippen molar-refractivity contribution in [1.82, 2.24) is 14.5 Å². The number of hydrogen-bond acceptors (Lipinski definition) is 7. The average Bonchev–Trinajstić information content (AvgIpc) is 3.58. The van der Waals surface area contributed by atoms with Gasteiger partial charge in [0.25, 0.3) is 0 Å². The van der Waals surface area contributed by atoms with E-state index in [0.29, 0.717) is 52.0 Å². The topological polar surface area (TPSA) is 130 Å². The number of nitrogens with zero attached hydrogens (tertiary/aromatic N) is 3. The van der Waals surface area contributed by atoms with Crippen LogP contribution >= 0.6 is 0 Å². The van der Waals surface area contributed by atoms with Crippen LogP contribution in [0.1, 0.15) is 71.3 Å². The summed E-state index contributed by atoms with van der Waals surface area (Å²) in [5.41, 5.74) is -0.0682. The predicted molar refractivity (Wildman–Crippen MR) is 171 cm³/mol. The highest BCUT2D eigenvalue weighted by Gasteiger charge is 2.73. The van der Waals surface area contributed by atoms with Crippen LogP contribution in [0.4, 0.5) is 5.69 Å². The molecule has 4 aliphatic rings. The van der Waals surface area contributed by atoms with E-state index in [0.717, 1.165) is 31.5 Å². The van der Waals surface area contributed by atoms with E-state index in [-0.39, 0.29) is 47.9 Å². The van der Waals surface area contributed by atoms with E-state index in [2.05, 4.69) is 48.0 Å². The molecule has 1 amide bonds. The number of nitrogens with one attached hydrogen (secondary N) is 1. The molecule has 2 heterocycles. The first kappa shape index (κ1) is 33.2. The van der Waals surface area contributed by atoms with Crippen LogP contribution in [0.2, 0.25) is 0 Å². The quantitative estimate of drug-likeness (QED) is 0.321. The highest BCUT2D eigenvalue weighted by Crippen LogP contribution is 2.71. The molecular formula is C33H52N4O6S. The van der Waals surface area contributed by atoms with Crippen molar-refractivity contribution >= 4 is 27.6 Å². The number of rotatable bonds is 12. The van der Waals surface area contributed by atoms with Crippen molar-refractivity contribution in [3.05, 3.63) is 29.8 Å². The van der Waals surface area contributed by atoms with E-state index >= 15 is 0 Å². The zero-order valence-electron chi connectivity index (χ0n) is 26.9. The zero-order valence-corrected chi connectivity index (χ0v) is 27.7. The summed E-state index contributed by atoms with van der Waals surface area (Å²) in [6.07, 6.45) is 4.30. The minimum atomic E-state index is -3.66. The maximum Gasteiger partial charge on any atom is 0.303 e. The number of para-hydroxylation sites is 1. The molecule has 1 aromatic rings. The van der Waals surface area contributed by atoms with Crippen molar-refractivity contribution < 1.29 is 28.2 Å². The Labute approximate surface area is 263 Å². The minimum absolute atomic E-state index is 0.0807. The van der Waals surface area contributed by atoms with Gasteiger partial charge in [-0.25, -0.2) is 8.42 Å². The number of likely N-dealkylation sites (tertiary alicyclic amines) is 1. The van der Waals surface area contributed by atoms with Crippen molar-refractivity contribution in [3.8, 4) is 0 Å². The smallest absolute Gasteiger partial charge is 0.303 e. The summed E-state index contributed by atoms with van der Waals surface area (Å²) in [6.45, 7) is 12.0. The highest BCUT2D eigenvalue weighted by molar-refractivity contribution is 7.89. The number of benzene rings is 1. The lowest BCUT2D eigenvalue weighted by Gasteiger charge is -2.51. The molecule has 5 unspecified atom stereocenters. The van der Waals surface area contributed by atoms with Crippen LogP contribution in [0.3, 0.4) is 0 Å². The van der Waals surface area contributed by atoms with Gasteiger partial charge in [0.05, 0.1) is 17.4 Å². The number of piperazine rings is 1. The third-order valence-electron chi connectivity index (χ3n) is 12.0. The van der Waals surface area contributed by atoms with Crippen molar-refractivity contribution in [1.29, 1.82) is 0 Å². The second-order valence-corrected chi connectivity index (χ2v) is 16.4. The number of aliphatic hydroxyl groups is 1. The van der Waals surface area contributed by atoms with Crippen LogP contribution in [0.25, 0.3) is 0 Å². The molecule has 10 nitrogen and oxygen atoms in total. The van der Waals surface area contributed by atoms with Gasteiger partial charge in [0.2, 0.25) is 15.9 Å². The number of carbonyl (C=O) groups excluding carboxylic acids is 1. The van der Waals surface area contributed by atoms with Gasteiger partial charge in [-0.1, -0.05) is 39.0 Å². The summed E-state index contributed by atoms with van der Waals surface area (Å²) < 4.78 is 29.9. The molecule has 2 bridgehead atoms. The number of anilines is 1. The number of carboxylic acid groups (broad SMARTS) is 1. The summed E-state index contributed by atoms with van der Waals surface area (Å²) in [6, 6.07) is 7.89. The first-order chi connectivity index (χ1) is 20.7. The minimum Gasteiger partial charge on any atom is -0.481 e. The van der Waals surface area contributed by atoms with Gasteiger partial charge in [-0.3, -0.25) is 14.5 Å². The fourth-order valence-electron chi connectivity index (χ4n) is 9.15. The van der Waals surface area contributed by atoms with E-state index < -0.39 is 27.0 Å². The third-order valence-corrected chi connectivity index (χ3v) is 14.0. The molecule has 0 spiro atoms.